The quantitative estimate of drug-likeness (QED) is 0.191. The van der Waals surface area contributed by atoms with Crippen molar-refractivity contribution in [2.45, 2.75) is 0 Å². The van der Waals surface area contributed by atoms with Crippen molar-refractivity contribution in [1.29, 1.82) is 0 Å². The standard InChI is InChI=1S/C38H27N5/c39-32-14-8-7-13-30(32)31-23-29-22-27-16-15-26(40-27)21-28-17-18-33(41-28)36(24-9-3-1-4-10-24)34-19-20-35(43-34)37(38(31)42-29)25-11-5-2-6-12-25/h1-23,41-42H,39H2. The number of nitrogen functional groups attached to an aromatic ring is 1. The number of anilines is 1. The smallest absolute Gasteiger partial charge is 0.0737 e. The number of nitrogens with one attached hydrogen (secondary N) is 2. The lowest BCUT2D eigenvalue weighted by Crippen LogP contribution is -1.91. The van der Waals surface area contributed by atoms with E-state index in [1.807, 2.05) is 42.5 Å². The van der Waals surface area contributed by atoms with Gasteiger partial charge in [-0.2, -0.15) is 0 Å². The zero-order valence-corrected chi connectivity index (χ0v) is 23.3. The predicted octanol–water partition coefficient (Wildman–Crippen LogP) is 9.24. The Bertz CT molecular complexity index is 2240. The Hall–Kier alpha value is -5.94. The molecule has 0 unspecified atom stereocenters. The highest BCUT2D eigenvalue weighted by Crippen LogP contribution is 2.39. The van der Waals surface area contributed by atoms with E-state index in [1.54, 1.807) is 0 Å². The van der Waals surface area contributed by atoms with E-state index in [-0.39, 0.29) is 0 Å². The molecule has 0 saturated heterocycles. The molecule has 5 nitrogen and oxygen atoms in total. The molecule has 8 bridgehead atoms. The normalized spacial score (nSPS) is 12.1. The summed E-state index contributed by atoms with van der Waals surface area (Å²) in [6.45, 7) is 0. The van der Waals surface area contributed by atoms with Crippen LogP contribution in [0.3, 0.4) is 0 Å². The minimum Gasteiger partial charge on any atom is -0.398 e. The van der Waals surface area contributed by atoms with Gasteiger partial charge >= 0.3 is 0 Å². The Balaban J connectivity index is 1.57. The van der Waals surface area contributed by atoms with Gasteiger partial charge in [0.2, 0.25) is 0 Å². The lowest BCUT2D eigenvalue weighted by atomic mass is 9.98. The zero-order chi connectivity index (χ0) is 28.8. The van der Waals surface area contributed by atoms with E-state index < -0.39 is 0 Å². The summed E-state index contributed by atoms with van der Waals surface area (Å²) < 4.78 is 0. The molecule has 0 atom stereocenters. The van der Waals surface area contributed by atoms with Crippen LogP contribution in [0.4, 0.5) is 5.69 Å². The first-order chi connectivity index (χ1) is 21.2. The van der Waals surface area contributed by atoms with E-state index >= 15 is 0 Å². The van der Waals surface area contributed by atoms with Gasteiger partial charge in [-0.15, -0.1) is 0 Å². The fraction of sp³-hybridized carbons (Fsp3) is 0. The molecule has 2 aliphatic heterocycles. The van der Waals surface area contributed by atoms with Crippen molar-refractivity contribution >= 4 is 52.1 Å². The van der Waals surface area contributed by atoms with Crippen LogP contribution in [0.5, 0.6) is 0 Å². The van der Waals surface area contributed by atoms with Crippen LogP contribution in [-0.2, 0) is 0 Å². The lowest BCUT2D eigenvalue weighted by molar-refractivity contribution is 1.31. The Morgan fingerprint density at radius 3 is 1.84 bits per heavy atom. The molecule has 4 N–H and O–H groups in total. The lowest BCUT2D eigenvalue weighted by Gasteiger charge is -2.08. The molecule has 0 fully saturated rings. The molecule has 3 aromatic heterocycles. The first-order valence-electron chi connectivity index (χ1n) is 14.3. The van der Waals surface area contributed by atoms with E-state index in [0.717, 1.165) is 78.2 Å². The number of para-hydroxylation sites is 1. The molecule has 204 valence electrons. The number of hydrogen-bond acceptors (Lipinski definition) is 3. The summed E-state index contributed by atoms with van der Waals surface area (Å²) in [5.41, 5.74) is 20.8. The summed E-state index contributed by atoms with van der Waals surface area (Å²) in [6.07, 6.45) is 8.30. The zero-order valence-electron chi connectivity index (χ0n) is 23.3. The van der Waals surface area contributed by atoms with Gasteiger partial charge in [0.1, 0.15) is 0 Å². The number of nitrogens with zero attached hydrogens (tertiary/aromatic N) is 2. The van der Waals surface area contributed by atoms with Crippen LogP contribution in [-0.4, -0.2) is 19.9 Å². The fourth-order valence-corrected chi connectivity index (χ4v) is 5.93. The maximum atomic E-state index is 6.56. The van der Waals surface area contributed by atoms with E-state index in [0.29, 0.717) is 5.69 Å². The molecule has 0 spiro atoms. The molecule has 0 saturated carbocycles. The summed E-state index contributed by atoms with van der Waals surface area (Å²) in [5, 5.41) is 0. The van der Waals surface area contributed by atoms with Crippen LogP contribution >= 0.6 is 0 Å². The molecule has 3 aromatic carbocycles. The fourth-order valence-electron chi connectivity index (χ4n) is 5.93. The third-order valence-corrected chi connectivity index (χ3v) is 7.88. The predicted molar refractivity (Wildman–Crippen MR) is 180 cm³/mol. The van der Waals surface area contributed by atoms with Crippen molar-refractivity contribution in [1.82, 2.24) is 19.9 Å². The van der Waals surface area contributed by atoms with Crippen LogP contribution in [0.25, 0.3) is 79.8 Å². The third-order valence-electron chi connectivity index (χ3n) is 7.88. The van der Waals surface area contributed by atoms with Gasteiger partial charge in [-0.05, 0) is 71.8 Å². The van der Waals surface area contributed by atoms with Gasteiger partial charge < -0.3 is 15.7 Å². The van der Waals surface area contributed by atoms with Gasteiger partial charge in [0.15, 0.2) is 0 Å². The maximum Gasteiger partial charge on any atom is 0.0737 e. The van der Waals surface area contributed by atoms with Crippen LogP contribution in [0.15, 0.2) is 115 Å². The third kappa shape index (κ3) is 4.53. The Morgan fingerprint density at radius 1 is 0.488 bits per heavy atom. The molecule has 2 aliphatic rings. The first kappa shape index (κ1) is 24.8. The second-order valence-corrected chi connectivity index (χ2v) is 10.7. The van der Waals surface area contributed by atoms with Crippen LogP contribution in [0.1, 0.15) is 22.8 Å². The van der Waals surface area contributed by atoms with Gasteiger partial charge in [-0.25, -0.2) is 9.97 Å². The Labute approximate surface area is 248 Å². The summed E-state index contributed by atoms with van der Waals surface area (Å²) in [5.74, 6) is 0. The SMILES string of the molecule is Nc1ccccc1-c1cc2cc3nc(cc4ccc([nH]4)c(-c4ccccc4)c4nc(c(-c5ccccc5)c1[nH]2)C=C4)C=C3. The number of rotatable bonds is 3. The van der Waals surface area contributed by atoms with E-state index in [9.17, 15) is 0 Å². The molecular formula is C38H27N5. The molecule has 0 amide bonds. The Morgan fingerprint density at radius 2 is 1.12 bits per heavy atom. The van der Waals surface area contributed by atoms with E-state index in [2.05, 4.69) is 107 Å². The summed E-state index contributed by atoms with van der Waals surface area (Å²) in [4.78, 5) is 17.5. The molecule has 0 radical (unpaired) electrons. The molecule has 8 rings (SSSR count). The van der Waals surface area contributed by atoms with Crippen LogP contribution < -0.4 is 5.73 Å². The summed E-state index contributed by atoms with van der Waals surface area (Å²) in [7, 11) is 0. The highest BCUT2D eigenvalue weighted by Gasteiger charge is 2.18. The van der Waals surface area contributed by atoms with Crippen LogP contribution in [0.2, 0.25) is 0 Å². The van der Waals surface area contributed by atoms with Gasteiger partial charge in [0.25, 0.3) is 0 Å². The number of hydrogen-bond donors (Lipinski definition) is 3. The van der Waals surface area contributed by atoms with Gasteiger partial charge in [0, 0.05) is 44.5 Å². The van der Waals surface area contributed by atoms with Crippen molar-refractivity contribution in [3.63, 3.8) is 0 Å². The average molecular weight is 554 g/mol. The maximum absolute atomic E-state index is 6.56. The molecule has 6 aromatic rings. The molecule has 5 heterocycles. The Kier molecular flexibility index (Phi) is 5.86. The highest BCUT2D eigenvalue weighted by atomic mass is 14.8. The largest absolute Gasteiger partial charge is 0.398 e. The van der Waals surface area contributed by atoms with Crippen molar-refractivity contribution in [3.05, 3.63) is 138 Å². The second kappa shape index (κ2) is 10.2. The van der Waals surface area contributed by atoms with Gasteiger partial charge in [0.05, 0.1) is 28.3 Å². The minimum absolute atomic E-state index is 0.717. The van der Waals surface area contributed by atoms with E-state index in [4.69, 9.17) is 15.7 Å². The molecular weight excluding hydrogens is 526 g/mol. The van der Waals surface area contributed by atoms with Crippen molar-refractivity contribution in [2.24, 2.45) is 0 Å². The number of benzene rings is 3. The molecule has 5 heteroatoms. The highest BCUT2D eigenvalue weighted by molar-refractivity contribution is 6.02. The van der Waals surface area contributed by atoms with Gasteiger partial charge in [-0.3, -0.25) is 0 Å². The van der Waals surface area contributed by atoms with Gasteiger partial charge in [-0.1, -0.05) is 78.9 Å². The van der Waals surface area contributed by atoms with Crippen molar-refractivity contribution in [2.75, 3.05) is 5.73 Å². The van der Waals surface area contributed by atoms with Crippen molar-refractivity contribution < 1.29 is 0 Å². The molecule has 43 heavy (non-hydrogen) atoms. The minimum atomic E-state index is 0.717. The number of H-pyrrole nitrogens is 2. The number of fused-ring (bicyclic) bond motifs is 8. The van der Waals surface area contributed by atoms with Crippen molar-refractivity contribution in [3.8, 4) is 33.4 Å². The summed E-state index contributed by atoms with van der Waals surface area (Å²) in [6, 6.07) is 39.3. The average Bonchev–Trinajstić information content (AvgIpc) is 3.85. The monoisotopic (exact) mass is 553 g/mol. The van der Waals surface area contributed by atoms with E-state index in [1.165, 1.54) is 0 Å². The topological polar surface area (TPSA) is 83.4 Å². The number of aromatic nitrogens is 4. The molecule has 0 aliphatic carbocycles. The van der Waals surface area contributed by atoms with Crippen LogP contribution in [0, 0.1) is 0 Å². The second-order valence-electron chi connectivity index (χ2n) is 10.7. The summed E-state index contributed by atoms with van der Waals surface area (Å²) >= 11 is 0. The first-order valence-corrected chi connectivity index (χ1v) is 14.3. The number of nitrogens with two attached hydrogens (primary N) is 1. The number of aromatic amines is 2.